The fourth-order valence-electron chi connectivity index (χ4n) is 16.7. The van der Waals surface area contributed by atoms with Crippen LogP contribution in [0.3, 0.4) is 0 Å². The third-order valence-corrected chi connectivity index (χ3v) is 21.0. The minimum atomic E-state index is -0.102. The van der Waals surface area contributed by atoms with Crippen molar-refractivity contribution in [2.45, 2.75) is 38.5 Å². The Morgan fingerprint density at radius 3 is 0.809 bits per heavy atom. The van der Waals surface area contributed by atoms with Gasteiger partial charge in [-0.15, -0.1) is 0 Å². The molecule has 0 heterocycles. The quantitative estimate of drug-likeness (QED) is 0.146. The molecule has 0 aromatic heterocycles. The molecule has 0 radical (unpaired) electrons. The molecule has 0 saturated heterocycles. The third kappa shape index (κ3) is 8.67. The predicted octanol–water partition coefficient (Wildman–Crippen LogP) is 26.1. The van der Waals surface area contributed by atoms with Gasteiger partial charge in [-0.1, -0.05) is 325 Å². The maximum absolute atomic E-state index is 2.41. The van der Waals surface area contributed by atoms with Crippen LogP contribution < -0.4 is 0 Å². The van der Waals surface area contributed by atoms with E-state index in [9.17, 15) is 0 Å². The van der Waals surface area contributed by atoms with Crippen LogP contribution in [0.15, 0.2) is 328 Å². The molecule has 0 amide bonds. The van der Waals surface area contributed by atoms with Gasteiger partial charge in [0.25, 0.3) is 0 Å². The average Bonchev–Trinajstić information content (AvgIpc) is 1.51. The molecule has 17 aromatic rings. The Hall–Kier alpha value is -11.4. The standard InChI is InChI=1S/C49H34.C45H32/c1-49(2)45-30-36-15-6-5-14-35(36)29-44(45)43-21-11-20-38(48(43)49)32-23-25-33(26-24-32)46-39-16-7-9-18-41(39)47(42-19-10-8-17-40(42)46)37-27-22-31-12-3-4-13-34(31)28-37;1-45(2)41-28-33-16-7-6-15-32(33)27-40(41)39-22-12-21-34(44(39)45)29-23-25-31(26-24-29)43-37-19-10-8-17-35(37)42(30-13-4-3-5-14-30)36-18-9-11-20-38(36)43/h3-30H,1-2H3;3-28H,1-2H3. The maximum Gasteiger partial charge on any atom is 0.0165 e. The van der Waals surface area contributed by atoms with Crippen molar-refractivity contribution in [2.75, 3.05) is 0 Å². The minimum Gasteiger partial charge on any atom is -0.0622 e. The molecule has 19 rings (SSSR count). The highest BCUT2D eigenvalue weighted by Gasteiger charge is 2.39. The summed E-state index contributed by atoms with van der Waals surface area (Å²) in [5.74, 6) is 0. The van der Waals surface area contributed by atoms with E-state index < -0.39 is 0 Å². The van der Waals surface area contributed by atoms with Crippen molar-refractivity contribution < 1.29 is 0 Å². The zero-order chi connectivity index (χ0) is 62.8. The van der Waals surface area contributed by atoms with Gasteiger partial charge in [-0.3, -0.25) is 0 Å². The first-order valence-electron chi connectivity index (χ1n) is 33.1. The van der Waals surface area contributed by atoms with E-state index in [-0.39, 0.29) is 10.8 Å². The Bertz CT molecular complexity index is 5830. The number of fused-ring (bicyclic) bond motifs is 13. The van der Waals surface area contributed by atoms with Crippen molar-refractivity contribution in [2.24, 2.45) is 0 Å². The lowest BCUT2D eigenvalue weighted by atomic mass is 9.78. The first-order chi connectivity index (χ1) is 46.2. The molecule has 0 saturated carbocycles. The Morgan fingerprint density at radius 2 is 0.436 bits per heavy atom. The van der Waals surface area contributed by atoms with Crippen LogP contribution in [0.2, 0.25) is 0 Å². The molecule has 442 valence electrons. The van der Waals surface area contributed by atoms with Gasteiger partial charge >= 0.3 is 0 Å². The Morgan fingerprint density at radius 1 is 0.170 bits per heavy atom. The Labute approximate surface area is 549 Å². The van der Waals surface area contributed by atoms with E-state index in [2.05, 4.69) is 355 Å². The van der Waals surface area contributed by atoms with Crippen LogP contribution >= 0.6 is 0 Å². The number of hydrogen-bond acceptors (Lipinski definition) is 0. The monoisotopic (exact) mass is 1190 g/mol. The van der Waals surface area contributed by atoms with Crippen molar-refractivity contribution in [1.29, 1.82) is 0 Å². The van der Waals surface area contributed by atoms with Gasteiger partial charge in [0, 0.05) is 10.8 Å². The van der Waals surface area contributed by atoms with E-state index in [0.29, 0.717) is 0 Å². The summed E-state index contributed by atoms with van der Waals surface area (Å²) in [6.07, 6.45) is 0. The lowest BCUT2D eigenvalue weighted by Crippen LogP contribution is -2.16. The maximum atomic E-state index is 2.41. The van der Waals surface area contributed by atoms with Crippen molar-refractivity contribution in [3.8, 4) is 89.0 Å². The number of benzene rings is 17. The zero-order valence-electron chi connectivity index (χ0n) is 53.2. The fraction of sp³-hybridized carbons (Fsp3) is 0.0638. The van der Waals surface area contributed by atoms with E-state index >= 15 is 0 Å². The summed E-state index contributed by atoms with van der Waals surface area (Å²) in [6, 6.07) is 121. The Kier molecular flexibility index (Phi) is 12.7. The highest BCUT2D eigenvalue weighted by atomic mass is 14.4. The molecular weight excluding hydrogens is 1130 g/mol. The fourth-order valence-corrected chi connectivity index (χ4v) is 16.7. The second-order valence-corrected chi connectivity index (χ2v) is 27.0. The lowest BCUT2D eigenvalue weighted by Gasteiger charge is -2.25. The van der Waals surface area contributed by atoms with E-state index in [1.54, 1.807) is 0 Å². The van der Waals surface area contributed by atoms with Crippen molar-refractivity contribution in [1.82, 2.24) is 0 Å². The van der Waals surface area contributed by atoms with Crippen LogP contribution in [-0.4, -0.2) is 0 Å². The molecule has 0 unspecified atom stereocenters. The second kappa shape index (κ2) is 21.6. The van der Waals surface area contributed by atoms with Gasteiger partial charge in [0.2, 0.25) is 0 Å². The minimum absolute atomic E-state index is 0.0936. The summed E-state index contributed by atoms with van der Waals surface area (Å²) < 4.78 is 0. The molecule has 0 N–H and O–H groups in total. The summed E-state index contributed by atoms with van der Waals surface area (Å²) in [4.78, 5) is 0. The predicted molar refractivity (Wildman–Crippen MR) is 403 cm³/mol. The topological polar surface area (TPSA) is 0 Å². The highest BCUT2D eigenvalue weighted by Crippen LogP contribution is 2.56. The van der Waals surface area contributed by atoms with Crippen LogP contribution in [-0.2, 0) is 10.8 Å². The number of hydrogen-bond donors (Lipinski definition) is 0. The van der Waals surface area contributed by atoms with E-state index in [0.717, 1.165) is 0 Å². The summed E-state index contributed by atoms with van der Waals surface area (Å²) in [5.41, 5.74) is 26.2. The molecule has 0 nitrogen and oxygen atoms in total. The Balaban J connectivity index is 0.000000138. The first-order valence-corrected chi connectivity index (χ1v) is 33.1. The average molecular weight is 1200 g/mol. The van der Waals surface area contributed by atoms with E-state index in [1.165, 1.54) is 187 Å². The zero-order valence-corrected chi connectivity index (χ0v) is 53.2. The SMILES string of the molecule is CC1(C)c2cc3ccccc3cc2-c2cccc(-c3ccc(-c4c5ccccc5c(-c5ccc6ccccc6c5)c5ccccc45)cc3)c21.CC1(C)c2cc3ccccc3cc2-c2cccc(-c3ccc(-c4c5ccccc5c(-c5ccccc5)c5ccccc45)cc3)c21. The summed E-state index contributed by atoms with van der Waals surface area (Å²) in [7, 11) is 0. The molecule has 94 heavy (non-hydrogen) atoms. The summed E-state index contributed by atoms with van der Waals surface area (Å²) in [6.45, 7) is 9.55. The van der Waals surface area contributed by atoms with Gasteiger partial charge in [-0.05, 0) is 217 Å². The smallest absolute Gasteiger partial charge is 0.0165 e. The molecule has 0 atom stereocenters. The highest BCUT2D eigenvalue weighted by molar-refractivity contribution is 6.23. The van der Waals surface area contributed by atoms with Gasteiger partial charge in [-0.2, -0.15) is 0 Å². The summed E-state index contributed by atoms with van der Waals surface area (Å²) >= 11 is 0. The molecule has 0 heteroatoms. The van der Waals surface area contributed by atoms with E-state index in [1.807, 2.05) is 0 Å². The van der Waals surface area contributed by atoms with Gasteiger partial charge < -0.3 is 0 Å². The van der Waals surface area contributed by atoms with Crippen molar-refractivity contribution in [3.05, 3.63) is 350 Å². The van der Waals surface area contributed by atoms with Crippen LogP contribution in [0.5, 0.6) is 0 Å². The second-order valence-electron chi connectivity index (χ2n) is 27.0. The molecule has 17 aromatic carbocycles. The summed E-state index contributed by atoms with van der Waals surface area (Å²) in [5, 5.41) is 18.0. The molecule has 2 aliphatic rings. The largest absolute Gasteiger partial charge is 0.0622 e. The van der Waals surface area contributed by atoms with Gasteiger partial charge in [0.1, 0.15) is 0 Å². The first kappa shape index (κ1) is 55.4. The molecule has 0 bridgehead atoms. The van der Waals surface area contributed by atoms with Crippen LogP contribution in [0.4, 0.5) is 0 Å². The van der Waals surface area contributed by atoms with Gasteiger partial charge in [0.05, 0.1) is 0 Å². The van der Waals surface area contributed by atoms with Gasteiger partial charge in [0.15, 0.2) is 0 Å². The van der Waals surface area contributed by atoms with Crippen molar-refractivity contribution >= 4 is 75.4 Å². The lowest BCUT2D eigenvalue weighted by molar-refractivity contribution is 0.663. The molecular formula is C94H66. The molecule has 0 aliphatic heterocycles. The van der Waals surface area contributed by atoms with Crippen molar-refractivity contribution in [3.63, 3.8) is 0 Å². The third-order valence-electron chi connectivity index (χ3n) is 21.0. The van der Waals surface area contributed by atoms with Crippen LogP contribution in [0.1, 0.15) is 49.9 Å². The van der Waals surface area contributed by atoms with Crippen LogP contribution in [0, 0.1) is 0 Å². The molecule has 2 aliphatic carbocycles. The van der Waals surface area contributed by atoms with Gasteiger partial charge in [-0.25, -0.2) is 0 Å². The number of rotatable bonds is 6. The van der Waals surface area contributed by atoms with E-state index in [4.69, 9.17) is 0 Å². The normalized spacial score (nSPS) is 13.3. The molecule has 0 spiro atoms. The molecule has 0 fully saturated rings. The van der Waals surface area contributed by atoms with Crippen LogP contribution in [0.25, 0.3) is 164 Å².